The van der Waals surface area contributed by atoms with Gasteiger partial charge in [-0.1, -0.05) is 23.7 Å². The zero-order chi connectivity index (χ0) is 8.10. The van der Waals surface area contributed by atoms with Crippen LogP contribution in [0, 0.1) is 12.1 Å². The minimum atomic E-state index is 0.194. The molecule has 0 saturated heterocycles. The highest BCUT2D eigenvalue weighted by Gasteiger charge is 1.96. The maximum absolute atomic E-state index is 8.55. The van der Waals surface area contributed by atoms with Crippen LogP contribution < -0.4 is 0 Å². The Balaban J connectivity index is 2.62. The SMILES string of the molecule is OCCCc1c#cccc1Cl. The van der Waals surface area contributed by atoms with Gasteiger partial charge in [-0.2, -0.15) is 0 Å². The zero-order valence-electron chi connectivity index (χ0n) is 6.10. The summed E-state index contributed by atoms with van der Waals surface area (Å²) in [4.78, 5) is 0. The average Bonchev–Trinajstić information content (AvgIpc) is 2.03. The number of hydrogen-bond acceptors (Lipinski definition) is 1. The second kappa shape index (κ2) is 4.23. The van der Waals surface area contributed by atoms with E-state index in [-0.39, 0.29) is 6.61 Å². The summed E-state index contributed by atoms with van der Waals surface area (Å²) in [5.74, 6) is 0. The highest BCUT2D eigenvalue weighted by molar-refractivity contribution is 6.31. The van der Waals surface area contributed by atoms with Gasteiger partial charge in [0.25, 0.3) is 0 Å². The van der Waals surface area contributed by atoms with E-state index in [1.54, 1.807) is 12.1 Å². The summed E-state index contributed by atoms with van der Waals surface area (Å²) in [7, 11) is 0. The van der Waals surface area contributed by atoms with Gasteiger partial charge in [0.1, 0.15) is 0 Å². The van der Waals surface area contributed by atoms with Crippen molar-refractivity contribution in [2.24, 2.45) is 0 Å². The molecule has 0 heterocycles. The lowest BCUT2D eigenvalue weighted by molar-refractivity contribution is 0.288. The third kappa shape index (κ3) is 2.42. The monoisotopic (exact) mass is 168 g/mol. The second-order valence-electron chi connectivity index (χ2n) is 2.26. The minimum Gasteiger partial charge on any atom is -0.396 e. The van der Waals surface area contributed by atoms with Crippen molar-refractivity contribution in [3.63, 3.8) is 0 Å². The van der Waals surface area contributed by atoms with Crippen LogP contribution in [0.25, 0.3) is 0 Å². The molecule has 11 heavy (non-hydrogen) atoms. The van der Waals surface area contributed by atoms with Crippen molar-refractivity contribution < 1.29 is 5.11 Å². The van der Waals surface area contributed by atoms with Crippen LogP contribution in [-0.2, 0) is 6.42 Å². The van der Waals surface area contributed by atoms with Crippen molar-refractivity contribution in [2.45, 2.75) is 12.8 Å². The molecule has 0 saturated carbocycles. The summed E-state index contributed by atoms with van der Waals surface area (Å²) < 4.78 is 0. The first-order valence-electron chi connectivity index (χ1n) is 3.52. The first-order chi connectivity index (χ1) is 5.34. The molecule has 1 nitrogen and oxygen atoms in total. The van der Waals surface area contributed by atoms with E-state index in [1.165, 1.54) is 0 Å². The average molecular weight is 169 g/mol. The van der Waals surface area contributed by atoms with Gasteiger partial charge in [-0.05, 0) is 25.0 Å². The standard InChI is InChI=1S/C9H9ClO/c10-9-6-2-1-4-8(9)5-3-7-11/h2,6,11H,3,5,7H2. The first-order valence-corrected chi connectivity index (χ1v) is 3.90. The van der Waals surface area contributed by atoms with Gasteiger partial charge in [0, 0.05) is 12.2 Å². The van der Waals surface area contributed by atoms with E-state index in [2.05, 4.69) is 12.1 Å². The van der Waals surface area contributed by atoms with Crippen molar-refractivity contribution in [1.29, 1.82) is 0 Å². The summed E-state index contributed by atoms with van der Waals surface area (Å²) in [6, 6.07) is 9.23. The molecule has 0 fully saturated rings. The fourth-order valence-corrected chi connectivity index (χ4v) is 1.05. The van der Waals surface area contributed by atoms with Gasteiger partial charge in [0.15, 0.2) is 0 Å². The van der Waals surface area contributed by atoms with E-state index >= 15 is 0 Å². The molecule has 0 bridgehead atoms. The summed E-state index contributed by atoms with van der Waals surface area (Å²) in [6.45, 7) is 0.194. The van der Waals surface area contributed by atoms with Crippen LogP contribution in [0.2, 0.25) is 5.02 Å². The lowest BCUT2D eigenvalue weighted by Gasteiger charge is -1.96. The lowest BCUT2D eigenvalue weighted by atomic mass is 10.1. The number of aliphatic hydroxyl groups excluding tert-OH is 1. The molecule has 1 N–H and O–H groups in total. The molecule has 1 aromatic carbocycles. The quantitative estimate of drug-likeness (QED) is 0.731. The van der Waals surface area contributed by atoms with E-state index in [1.807, 2.05) is 0 Å². The first kappa shape index (κ1) is 8.39. The molecule has 0 unspecified atom stereocenters. The normalized spacial score (nSPS) is 9.27. The van der Waals surface area contributed by atoms with Gasteiger partial charge in [-0.3, -0.25) is 0 Å². The zero-order valence-corrected chi connectivity index (χ0v) is 6.86. The smallest absolute Gasteiger partial charge is 0.0528 e. The van der Waals surface area contributed by atoms with E-state index in [0.29, 0.717) is 5.02 Å². The number of halogens is 1. The van der Waals surface area contributed by atoms with Crippen LogP contribution in [0.15, 0.2) is 12.1 Å². The lowest BCUT2D eigenvalue weighted by Crippen LogP contribution is -1.88. The van der Waals surface area contributed by atoms with Gasteiger partial charge < -0.3 is 5.11 Å². The fourth-order valence-electron chi connectivity index (χ4n) is 0.842. The van der Waals surface area contributed by atoms with Crippen LogP contribution in [0.3, 0.4) is 0 Å². The van der Waals surface area contributed by atoms with Gasteiger partial charge >= 0.3 is 0 Å². The molecule has 0 radical (unpaired) electrons. The topological polar surface area (TPSA) is 20.2 Å². The molecule has 2 heteroatoms. The van der Waals surface area contributed by atoms with Crippen LogP contribution in [0.5, 0.6) is 0 Å². The van der Waals surface area contributed by atoms with Gasteiger partial charge in [0.2, 0.25) is 0 Å². The molecule has 58 valence electrons. The number of hydrogen-bond donors (Lipinski definition) is 1. The molecule has 1 rings (SSSR count). The molecule has 0 aliphatic carbocycles. The number of aliphatic hydroxyl groups is 1. The Kier molecular flexibility index (Phi) is 3.22. The maximum Gasteiger partial charge on any atom is 0.0528 e. The van der Waals surface area contributed by atoms with Crippen molar-refractivity contribution in [1.82, 2.24) is 0 Å². The Morgan fingerprint density at radius 2 is 2.36 bits per heavy atom. The largest absolute Gasteiger partial charge is 0.396 e. The van der Waals surface area contributed by atoms with Crippen molar-refractivity contribution in [3.05, 3.63) is 34.9 Å². The van der Waals surface area contributed by atoms with E-state index in [0.717, 1.165) is 18.4 Å². The molecule has 0 spiro atoms. The molecular formula is C9H9ClO. The van der Waals surface area contributed by atoms with Crippen molar-refractivity contribution >= 4 is 11.6 Å². The highest BCUT2D eigenvalue weighted by Crippen LogP contribution is 2.13. The van der Waals surface area contributed by atoms with E-state index in [4.69, 9.17) is 16.7 Å². The Morgan fingerprint density at radius 1 is 1.55 bits per heavy atom. The Morgan fingerprint density at radius 3 is 3.00 bits per heavy atom. The Hall–Kier alpha value is -0.710. The molecule has 0 aliphatic heterocycles. The predicted octanol–water partition coefficient (Wildman–Crippen LogP) is 1.87. The van der Waals surface area contributed by atoms with Gasteiger partial charge in [-0.25, -0.2) is 0 Å². The minimum absolute atomic E-state index is 0.194. The Labute approximate surface area is 71.6 Å². The third-order valence-corrected chi connectivity index (χ3v) is 1.76. The van der Waals surface area contributed by atoms with Crippen LogP contribution >= 0.6 is 11.6 Å². The molecule has 1 aromatic rings. The van der Waals surface area contributed by atoms with E-state index in [9.17, 15) is 0 Å². The van der Waals surface area contributed by atoms with Crippen LogP contribution in [-0.4, -0.2) is 11.7 Å². The summed E-state index contributed by atoms with van der Waals surface area (Å²) in [5.41, 5.74) is 0.934. The van der Waals surface area contributed by atoms with Crippen LogP contribution in [0.1, 0.15) is 12.0 Å². The molecule has 0 aromatic heterocycles. The summed E-state index contributed by atoms with van der Waals surface area (Å²) >= 11 is 5.83. The van der Waals surface area contributed by atoms with E-state index < -0.39 is 0 Å². The predicted molar refractivity (Wildman–Crippen MR) is 44.5 cm³/mol. The fraction of sp³-hybridized carbons (Fsp3) is 0.333. The molecular weight excluding hydrogens is 160 g/mol. The van der Waals surface area contributed by atoms with Gasteiger partial charge in [0.05, 0.1) is 5.02 Å². The highest BCUT2D eigenvalue weighted by atomic mass is 35.5. The molecule has 0 aliphatic rings. The molecule has 0 amide bonds. The maximum atomic E-state index is 8.55. The van der Waals surface area contributed by atoms with Crippen molar-refractivity contribution in [2.75, 3.05) is 6.61 Å². The second-order valence-corrected chi connectivity index (χ2v) is 2.66. The van der Waals surface area contributed by atoms with Crippen molar-refractivity contribution in [3.8, 4) is 0 Å². The summed E-state index contributed by atoms with van der Waals surface area (Å²) in [6.07, 6.45) is 1.50. The number of rotatable bonds is 3. The summed E-state index contributed by atoms with van der Waals surface area (Å²) in [5, 5.41) is 9.26. The Bertz CT molecular complexity index is 223. The third-order valence-electron chi connectivity index (χ3n) is 1.41. The molecule has 0 atom stereocenters. The van der Waals surface area contributed by atoms with Gasteiger partial charge in [-0.15, -0.1) is 0 Å². The van der Waals surface area contributed by atoms with Crippen LogP contribution in [0.4, 0.5) is 0 Å².